The molecule has 0 spiro atoms. The molecule has 0 atom stereocenters. The molecular weight excluding hydrogens is 344 g/mol. The highest BCUT2D eigenvalue weighted by molar-refractivity contribution is 14.1. The van der Waals surface area contributed by atoms with E-state index in [4.69, 9.17) is 5.73 Å². The van der Waals surface area contributed by atoms with E-state index in [1.54, 1.807) is 16.8 Å². The molecule has 3 nitrogen and oxygen atoms in total. The zero-order chi connectivity index (χ0) is 13.5. The molecule has 0 unspecified atom stereocenters. The second-order valence-electron chi connectivity index (χ2n) is 5.19. The Hall–Kier alpha value is -1.11. The average molecular weight is 359 g/mol. The minimum Gasteiger partial charge on any atom is -0.383 e. The Morgan fingerprint density at radius 3 is 2.50 bits per heavy atom. The van der Waals surface area contributed by atoms with Crippen molar-refractivity contribution < 1.29 is 4.39 Å². The molecule has 2 N–H and O–H groups in total. The Kier molecular flexibility index (Phi) is 3.35. The molecular formula is C13H15FIN3. The first-order valence-corrected chi connectivity index (χ1v) is 6.69. The third-order valence-corrected chi connectivity index (χ3v) is 3.69. The second-order valence-corrected chi connectivity index (χ2v) is 6.27. The first-order valence-electron chi connectivity index (χ1n) is 5.61. The van der Waals surface area contributed by atoms with Gasteiger partial charge in [-0.25, -0.2) is 9.07 Å². The third kappa shape index (κ3) is 2.36. The summed E-state index contributed by atoms with van der Waals surface area (Å²) in [7, 11) is 0. The van der Waals surface area contributed by atoms with Gasteiger partial charge in [0.25, 0.3) is 0 Å². The molecule has 1 heterocycles. The Morgan fingerprint density at radius 2 is 2.00 bits per heavy atom. The molecule has 0 fully saturated rings. The van der Waals surface area contributed by atoms with E-state index in [0.29, 0.717) is 11.5 Å². The van der Waals surface area contributed by atoms with Crippen molar-refractivity contribution in [1.82, 2.24) is 9.78 Å². The molecule has 0 saturated carbocycles. The molecule has 0 aliphatic rings. The normalized spacial score (nSPS) is 11.8. The van der Waals surface area contributed by atoms with Crippen LogP contribution in [0.1, 0.15) is 26.5 Å². The van der Waals surface area contributed by atoms with Crippen molar-refractivity contribution in [2.45, 2.75) is 26.2 Å². The van der Waals surface area contributed by atoms with Gasteiger partial charge < -0.3 is 5.73 Å². The molecule has 2 rings (SSSR count). The fraction of sp³-hybridized carbons (Fsp3) is 0.308. The lowest BCUT2D eigenvalue weighted by molar-refractivity contribution is 0.557. The van der Waals surface area contributed by atoms with Crippen LogP contribution in [-0.2, 0) is 5.41 Å². The first kappa shape index (κ1) is 13.3. The summed E-state index contributed by atoms with van der Waals surface area (Å²) in [5, 5.41) is 4.51. The van der Waals surface area contributed by atoms with Crippen LogP contribution in [0, 0.1) is 9.39 Å². The Morgan fingerprint density at radius 1 is 1.33 bits per heavy atom. The van der Waals surface area contributed by atoms with Gasteiger partial charge in [0.1, 0.15) is 11.6 Å². The molecule has 2 aromatic rings. The van der Waals surface area contributed by atoms with Gasteiger partial charge in [-0.1, -0.05) is 26.8 Å². The summed E-state index contributed by atoms with van der Waals surface area (Å²) in [6, 6.07) is 6.26. The molecule has 1 aromatic carbocycles. The summed E-state index contributed by atoms with van der Waals surface area (Å²) < 4.78 is 15.8. The highest BCUT2D eigenvalue weighted by Crippen LogP contribution is 2.31. The fourth-order valence-electron chi connectivity index (χ4n) is 1.70. The lowest BCUT2D eigenvalue weighted by atomic mass is 9.92. The maximum absolute atomic E-state index is 13.2. The van der Waals surface area contributed by atoms with E-state index >= 15 is 0 Å². The molecule has 0 saturated heterocycles. The maximum atomic E-state index is 13.2. The van der Waals surface area contributed by atoms with Crippen molar-refractivity contribution in [3.63, 3.8) is 0 Å². The predicted molar refractivity (Wildman–Crippen MR) is 79.4 cm³/mol. The Bertz CT molecular complexity index is 584. The maximum Gasteiger partial charge on any atom is 0.141 e. The van der Waals surface area contributed by atoms with E-state index in [9.17, 15) is 4.39 Å². The number of nitrogen functional groups attached to an aromatic ring is 1. The average Bonchev–Trinajstić information content (AvgIpc) is 2.55. The van der Waals surface area contributed by atoms with E-state index in [0.717, 1.165) is 9.26 Å². The van der Waals surface area contributed by atoms with Crippen LogP contribution in [0.3, 0.4) is 0 Å². The van der Waals surface area contributed by atoms with E-state index in [-0.39, 0.29) is 11.2 Å². The molecule has 0 amide bonds. The summed E-state index contributed by atoms with van der Waals surface area (Å²) in [6.07, 6.45) is 0. The molecule has 18 heavy (non-hydrogen) atoms. The smallest absolute Gasteiger partial charge is 0.141 e. The van der Waals surface area contributed by atoms with Gasteiger partial charge in [0.2, 0.25) is 0 Å². The molecule has 0 aliphatic heterocycles. The van der Waals surface area contributed by atoms with Crippen molar-refractivity contribution in [3.8, 4) is 5.69 Å². The highest BCUT2D eigenvalue weighted by atomic mass is 127. The predicted octanol–water partition coefficient (Wildman–Crippen LogP) is 3.50. The van der Waals surface area contributed by atoms with Crippen molar-refractivity contribution >= 4 is 28.4 Å². The van der Waals surface area contributed by atoms with Crippen LogP contribution in [0.2, 0.25) is 0 Å². The van der Waals surface area contributed by atoms with Gasteiger partial charge >= 0.3 is 0 Å². The number of hydrogen-bond donors (Lipinski definition) is 1. The van der Waals surface area contributed by atoms with Gasteiger partial charge in [0.05, 0.1) is 15.0 Å². The van der Waals surface area contributed by atoms with Crippen molar-refractivity contribution in [2.75, 3.05) is 5.73 Å². The Labute approximate surface area is 119 Å². The number of aromatic nitrogens is 2. The zero-order valence-corrected chi connectivity index (χ0v) is 12.7. The summed E-state index contributed by atoms with van der Waals surface area (Å²) in [6.45, 7) is 6.23. The standard InChI is InChI=1S/C13H15FIN3/c1-13(2,3)11-10(15)12(16)18(17-11)9-6-4-5-8(14)7-9/h4-7H,16H2,1-3H3. The van der Waals surface area contributed by atoms with Gasteiger partial charge in [-0.15, -0.1) is 0 Å². The number of nitrogens with zero attached hydrogens (tertiary/aromatic N) is 2. The summed E-state index contributed by atoms with van der Waals surface area (Å²) >= 11 is 2.18. The topological polar surface area (TPSA) is 43.8 Å². The van der Waals surface area contributed by atoms with Gasteiger partial charge in [0.15, 0.2) is 0 Å². The van der Waals surface area contributed by atoms with Gasteiger partial charge in [-0.3, -0.25) is 0 Å². The summed E-state index contributed by atoms with van der Waals surface area (Å²) in [5.41, 5.74) is 7.52. The first-order chi connectivity index (χ1) is 8.30. The second kappa shape index (κ2) is 4.53. The zero-order valence-electron chi connectivity index (χ0n) is 10.5. The van der Waals surface area contributed by atoms with Crippen LogP contribution in [0.4, 0.5) is 10.2 Å². The summed E-state index contributed by atoms with van der Waals surface area (Å²) in [4.78, 5) is 0. The van der Waals surface area contributed by atoms with Crippen molar-refractivity contribution in [1.29, 1.82) is 0 Å². The largest absolute Gasteiger partial charge is 0.383 e. The third-order valence-electron chi connectivity index (χ3n) is 2.62. The number of rotatable bonds is 1. The number of hydrogen-bond acceptors (Lipinski definition) is 2. The SMILES string of the molecule is CC(C)(C)c1nn(-c2cccc(F)c2)c(N)c1I. The van der Waals surface area contributed by atoms with E-state index in [1.165, 1.54) is 12.1 Å². The van der Waals surface area contributed by atoms with Crippen LogP contribution in [-0.4, -0.2) is 9.78 Å². The van der Waals surface area contributed by atoms with E-state index in [1.807, 2.05) is 0 Å². The molecule has 0 radical (unpaired) electrons. The minimum absolute atomic E-state index is 0.0940. The Balaban J connectivity index is 2.60. The van der Waals surface area contributed by atoms with Crippen LogP contribution >= 0.6 is 22.6 Å². The lowest BCUT2D eigenvalue weighted by Gasteiger charge is -2.15. The molecule has 0 bridgehead atoms. The number of benzene rings is 1. The fourth-order valence-corrected chi connectivity index (χ4v) is 2.84. The van der Waals surface area contributed by atoms with Crippen LogP contribution in [0.25, 0.3) is 5.69 Å². The monoisotopic (exact) mass is 359 g/mol. The number of halogens is 2. The summed E-state index contributed by atoms with van der Waals surface area (Å²) in [5.74, 6) is 0.251. The van der Waals surface area contributed by atoms with Crippen molar-refractivity contribution in [3.05, 3.63) is 39.3 Å². The van der Waals surface area contributed by atoms with Crippen molar-refractivity contribution in [2.24, 2.45) is 0 Å². The van der Waals surface area contributed by atoms with Gasteiger partial charge in [-0.2, -0.15) is 5.10 Å². The van der Waals surface area contributed by atoms with Crippen LogP contribution in [0.5, 0.6) is 0 Å². The van der Waals surface area contributed by atoms with Crippen LogP contribution in [0.15, 0.2) is 24.3 Å². The molecule has 1 aromatic heterocycles. The number of anilines is 1. The molecule has 0 aliphatic carbocycles. The van der Waals surface area contributed by atoms with Gasteiger partial charge in [0, 0.05) is 5.41 Å². The lowest BCUT2D eigenvalue weighted by Crippen LogP contribution is -2.14. The molecule has 5 heteroatoms. The minimum atomic E-state index is -0.297. The molecule has 96 valence electrons. The van der Waals surface area contributed by atoms with E-state index in [2.05, 4.69) is 48.5 Å². The van der Waals surface area contributed by atoms with Gasteiger partial charge in [-0.05, 0) is 40.8 Å². The highest BCUT2D eigenvalue weighted by Gasteiger charge is 2.24. The number of nitrogens with two attached hydrogens (primary N) is 1. The van der Waals surface area contributed by atoms with E-state index < -0.39 is 0 Å². The quantitative estimate of drug-likeness (QED) is 0.793. The van der Waals surface area contributed by atoms with Crippen LogP contribution < -0.4 is 5.73 Å².